The second-order valence-corrected chi connectivity index (χ2v) is 10.9. The Kier molecular flexibility index (Phi) is 6.78. The normalized spacial score (nSPS) is 23.4. The van der Waals surface area contributed by atoms with E-state index in [1.54, 1.807) is 0 Å². The average molecular weight is 504 g/mol. The maximum atomic E-state index is 12.4. The van der Waals surface area contributed by atoms with E-state index in [0.29, 0.717) is 32.4 Å². The van der Waals surface area contributed by atoms with Crippen LogP contribution < -0.4 is 15.2 Å². The van der Waals surface area contributed by atoms with Crippen molar-refractivity contribution >= 4 is 34.9 Å². The van der Waals surface area contributed by atoms with Crippen LogP contribution >= 0.6 is 0 Å². The van der Waals surface area contributed by atoms with Crippen molar-refractivity contribution in [3.63, 3.8) is 0 Å². The molecule has 0 bridgehead atoms. The van der Waals surface area contributed by atoms with Gasteiger partial charge in [0, 0.05) is 50.4 Å². The van der Waals surface area contributed by atoms with Gasteiger partial charge in [-0.15, -0.1) is 0 Å². The third kappa shape index (κ3) is 5.45. The summed E-state index contributed by atoms with van der Waals surface area (Å²) >= 11 is 0. The number of para-hydroxylation sites is 2. The average Bonchev–Trinajstić information content (AvgIpc) is 3.68. The standard InChI is InChI=1S/C29H37N5O3/c35-28(22-8-9-22)33-14-11-29(36,12-15-33)21-25-10-13-30-34(25)24-5-3-4-23(20-24)31-26-6-1-2-7-27(26)32-16-18-37-19-17-32/h1-7,13,20,22,25,31,36H,8-12,14-19,21H2. The van der Waals surface area contributed by atoms with Gasteiger partial charge in [-0.25, -0.2) is 0 Å². The van der Waals surface area contributed by atoms with Gasteiger partial charge >= 0.3 is 0 Å². The van der Waals surface area contributed by atoms with Crippen molar-refractivity contribution in [1.82, 2.24) is 4.90 Å². The number of carbonyl (C=O) groups is 1. The summed E-state index contributed by atoms with van der Waals surface area (Å²) in [4.78, 5) is 16.7. The second kappa shape index (κ2) is 10.3. The molecule has 2 aromatic carbocycles. The van der Waals surface area contributed by atoms with Crippen LogP contribution in [0.2, 0.25) is 0 Å². The molecule has 2 saturated heterocycles. The number of benzene rings is 2. The Morgan fingerprint density at radius 3 is 2.62 bits per heavy atom. The summed E-state index contributed by atoms with van der Waals surface area (Å²) in [6.45, 7) is 4.58. The van der Waals surface area contributed by atoms with E-state index in [1.165, 1.54) is 5.69 Å². The number of anilines is 4. The zero-order valence-electron chi connectivity index (χ0n) is 21.4. The number of hydrogen-bond acceptors (Lipinski definition) is 7. The second-order valence-electron chi connectivity index (χ2n) is 10.9. The Hall–Kier alpha value is -3.10. The number of likely N-dealkylation sites (tertiary alicyclic amines) is 1. The van der Waals surface area contributed by atoms with E-state index in [2.05, 4.69) is 68.9 Å². The van der Waals surface area contributed by atoms with Crippen molar-refractivity contribution in [2.75, 3.05) is 54.6 Å². The maximum absolute atomic E-state index is 12.4. The van der Waals surface area contributed by atoms with Crippen molar-refractivity contribution in [2.45, 2.75) is 50.2 Å². The highest BCUT2D eigenvalue weighted by atomic mass is 16.5. The molecule has 1 unspecified atom stereocenters. The Labute approximate surface area is 218 Å². The molecule has 1 amide bonds. The highest BCUT2D eigenvalue weighted by Crippen LogP contribution is 2.37. The minimum atomic E-state index is -0.760. The quantitative estimate of drug-likeness (QED) is 0.595. The Bertz CT molecular complexity index is 1140. The molecule has 8 heteroatoms. The molecule has 37 heavy (non-hydrogen) atoms. The van der Waals surface area contributed by atoms with Gasteiger partial charge in [0.25, 0.3) is 0 Å². The number of amides is 1. The third-order valence-electron chi connectivity index (χ3n) is 8.12. The smallest absolute Gasteiger partial charge is 0.225 e. The maximum Gasteiger partial charge on any atom is 0.225 e. The summed E-state index contributed by atoms with van der Waals surface area (Å²) in [5, 5.41) is 21.8. The number of hydrazone groups is 1. The largest absolute Gasteiger partial charge is 0.390 e. The van der Waals surface area contributed by atoms with Crippen LogP contribution in [0.25, 0.3) is 0 Å². The van der Waals surface area contributed by atoms with Crippen LogP contribution in [0.4, 0.5) is 22.7 Å². The van der Waals surface area contributed by atoms with Crippen molar-refractivity contribution < 1.29 is 14.6 Å². The molecule has 3 aliphatic heterocycles. The zero-order chi connectivity index (χ0) is 25.2. The van der Waals surface area contributed by atoms with Gasteiger partial charge < -0.3 is 25.0 Å². The van der Waals surface area contributed by atoms with Gasteiger partial charge in [-0.3, -0.25) is 9.80 Å². The van der Waals surface area contributed by atoms with Crippen LogP contribution in [0, 0.1) is 5.92 Å². The summed E-state index contributed by atoms with van der Waals surface area (Å²) < 4.78 is 5.53. The molecule has 3 fully saturated rings. The first-order valence-corrected chi connectivity index (χ1v) is 13.7. The summed E-state index contributed by atoms with van der Waals surface area (Å²) in [6.07, 6.45) is 6.74. The molecule has 6 rings (SSSR count). The van der Waals surface area contributed by atoms with E-state index in [9.17, 15) is 9.90 Å². The van der Waals surface area contributed by atoms with Crippen LogP contribution in [0.3, 0.4) is 0 Å². The lowest BCUT2D eigenvalue weighted by Gasteiger charge is -2.40. The SMILES string of the molecule is O=C(C1CC1)N1CCC(O)(CC2CC=NN2c2cccc(Nc3ccccc3N3CCOCC3)c2)CC1. The number of ether oxygens (including phenoxy) is 1. The third-order valence-corrected chi connectivity index (χ3v) is 8.12. The molecule has 2 N–H and O–H groups in total. The molecule has 2 aromatic rings. The van der Waals surface area contributed by atoms with Gasteiger partial charge in [-0.05, 0) is 62.4 Å². The fourth-order valence-electron chi connectivity index (χ4n) is 5.81. The molecular formula is C29H37N5O3. The molecule has 3 heterocycles. The molecule has 4 aliphatic rings. The molecule has 0 spiro atoms. The van der Waals surface area contributed by atoms with E-state index in [1.807, 2.05) is 11.1 Å². The lowest BCUT2D eigenvalue weighted by atomic mass is 9.84. The number of hydrogen-bond donors (Lipinski definition) is 2. The zero-order valence-corrected chi connectivity index (χ0v) is 21.4. The van der Waals surface area contributed by atoms with Crippen molar-refractivity contribution in [3.8, 4) is 0 Å². The molecule has 1 saturated carbocycles. The Morgan fingerprint density at radius 2 is 1.84 bits per heavy atom. The fourth-order valence-corrected chi connectivity index (χ4v) is 5.81. The summed E-state index contributed by atoms with van der Waals surface area (Å²) in [5.41, 5.74) is 3.51. The minimum absolute atomic E-state index is 0.103. The first-order valence-electron chi connectivity index (χ1n) is 13.7. The number of nitrogens with one attached hydrogen (secondary N) is 1. The lowest BCUT2D eigenvalue weighted by molar-refractivity contribution is -0.137. The Balaban J connectivity index is 1.12. The van der Waals surface area contributed by atoms with Crippen LogP contribution in [0.5, 0.6) is 0 Å². The number of piperidine rings is 1. The highest BCUT2D eigenvalue weighted by molar-refractivity contribution is 5.81. The van der Waals surface area contributed by atoms with Gasteiger partial charge in [0.1, 0.15) is 0 Å². The molecule has 1 atom stereocenters. The van der Waals surface area contributed by atoms with Crippen LogP contribution in [-0.2, 0) is 9.53 Å². The summed E-state index contributed by atoms with van der Waals surface area (Å²) in [6, 6.07) is 16.8. The van der Waals surface area contributed by atoms with E-state index >= 15 is 0 Å². The monoisotopic (exact) mass is 503 g/mol. The fraction of sp³-hybridized carbons (Fsp3) is 0.517. The van der Waals surface area contributed by atoms with Gasteiger partial charge in [0.15, 0.2) is 0 Å². The number of morpholine rings is 1. The van der Waals surface area contributed by atoms with Crippen LogP contribution in [0.1, 0.15) is 38.5 Å². The summed E-state index contributed by atoms with van der Waals surface area (Å²) in [5.74, 6) is 0.527. The van der Waals surface area contributed by atoms with E-state index in [4.69, 9.17) is 4.74 Å². The van der Waals surface area contributed by atoms with E-state index in [0.717, 1.165) is 62.6 Å². The number of rotatable bonds is 7. The molecule has 0 radical (unpaired) electrons. The predicted octanol–water partition coefficient (Wildman–Crippen LogP) is 3.98. The van der Waals surface area contributed by atoms with Crippen LogP contribution in [0.15, 0.2) is 53.6 Å². The topological polar surface area (TPSA) is 80.6 Å². The first-order chi connectivity index (χ1) is 18.1. The molecule has 1 aliphatic carbocycles. The highest BCUT2D eigenvalue weighted by Gasteiger charge is 2.41. The number of nitrogens with zero attached hydrogens (tertiary/aromatic N) is 4. The van der Waals surface area contributed by atoms with Gasteiger partial charge in [0.2, 0.25) is 5.91 Å². The number of carbonyl (C=O) groups excluding carboxylic acids is 1. The van der Waals surface area contributed by atoms with Crippen LogP contribution in [-0.4, -0.2) is 73.2 Å². The number of aliphatic hydroxyl groups is 1. The van der Waals surface area contributed by atoms with E-state index in [-0.39, 0.29) is 17.9 Å². The minimum Gasteiger partial charge on any atom is -0.390 e. The van der Waals surface area contributed by atoms with Crippen molar-refractivity contribution in [3.05, 3.63) is 48.5 Å². The van der Waals surface area contributed by atoms with Gasteiger partial charge in [-0.2, -0.15) is 5.10 Å². The Morgan fingerprint density at radius 1 is 1.05 bits per heavy atom. The molecular weight excluding hydrogens is 466 g/mol. The predicted molar refractivity (Wildman–Crippen MR) is 147 cm³/mol. The molecule has 196 valence electrons. The molecule has 0 aromatic heterocycles. The van der Waals surface area contributed by atoms with Crippen molar-refractivity contribution in [1.29, 1.82) is 0 Å². The van der Waals surface area contributed by atoms with E-state index < -0.39 is 5.60 Å². The lowest BCUT2D eigenvalue weighted by Crippen LogP contribution is -2.49. The van der Waals surface area contributed by atoms with Gasteiger partial charge in [0.05, 0.1) is 41.9 Å². The summed E-state index contributed by atoms with van der Waals surface area (Å²) in [7, 11) is 0. The first kappa shape index (κ1) is 24.2. The van der Waals surface area contributed by atoms with Gasteiger partial charge in [-0.1, -0.05) is 18.2 Å². The van der Waals surface area contributed by atoms with Crippen molar-refractivity contribution in [2.24, 2.45) is 11.0 Å². The molecule has 8 nitrogen and oxygen atoms in total.